The molecule has 82 valence electrons. The maximum absolute atomic E-state index is 5.87. The summed E-state index contributed by atoms with van der Waals surface area (Å²) < 4.78 is 0. The van der Waals surface area contributed by atoms with Crippen molar-refractivity contribution in [1.29, 1.82) is 0 Å². The molecule has 1 aromatic rings. The number of hydrogen-bond acceptors (Lipinski definition) is 3. The third-order valence-electron chi connectivity index (χ3n) is 2.68. The van der Waals surface area contributed by atoms with Crippen LogP contribution in [-0.4, -0.2) is 10.2 Å². The van der Waals surface area contributed by atoms with Gasteiger partial charge in [-0.1, -0.05) is 30.9 Å². The van der Waals surface area contributed by atoms with Gasteiger partial charge in [0.1, 0.15) is 5.03 Å². The van der Waals surface area contributed by atoms with Crippen LogP contribution in [-0.2, 0) is 0 Å². The second-order valence-electron chi connectivity index (χ2n) is 3.93. The van der Waals surface area contributed by atoms with E-state index in [1.165, 1.54) is 32.1 Å². The summed E-state index contributed by atoms with van der Waals surface area (Å²) in [5.41, 5.74) is 6.58. The standard InChI is InChI=1S/C11H15ClN2S/c12-8-6-10(13)11(14-7-8)15-9-4-2-1-3-5-9/h6-7,9H,1-5,13H2. The van der Waals surface area contributed by atoms with Gasteiger partial charge in [-0.25, -0.2) is 4.98 Å². The summed E-state index contributed by atoms with van der Waals surface area (Å²) in [5, 5.41) is 2.24. The molecule has 0 aliphatic heterocycles. The number of rotatable bonds is 2. The number of thioether (sulfide) groups is 1. The molecule has 0 radical (unpaired) electrons. The highest BCUT2D eigenvalue weighted by Gasteiger charge is 2.16. The van der Waals surface area contributed by atoms with Crippen molar-refractivity contribution in [3.8, 4) is 0 Å². The Morgan fingerprint density at radius 2 is 2.07 bits per heavy atom. The van der Waals surface area contributed by atoms with Crippen LogP contribution in [0.2, 0.25) is 5.02 Å². The molecule has 2 rings (SSSR count). The Balaban J connectivity index is 2.03. The van der Waals surface area contributed by atoms with E-state index in [1.54, 1.807) is 24.0 Å². The van der Waals surface area contributed by atoms with E-state index in [2.05, 4.69) is 4.98 Å². The Morgan fingerprint density at radius 1 is 1.33 bits per heavy atom. The molecule has 2 N–H and O–H groups in total. The van der Waals surface area contributed by atoms with Crippen molar-refractivity contribution in [2.45, 2.75) is 42.4 Å². The molecule has 15 heavy (non-hydrogen) atoms. The van der Waals surface area contributed by atoms with Crippen LogP contribution in [0.5, 0.6) is 0 Å². The first-order valence-corrected chi connectivity index (χ1v) is 6.59. The van der Waals surface area contributed by atoms with Crippen molar-refractivity contribution in [3.05, 3.63) is 17.3 Å². The summed E-state index contributed by atoms with van der Waals surface area (Å²) in [5.74, 6) is 0. The third kappa shape index (κ3) is 3.02. The van der Waals surface area contributed by atoms with E-state index in [9.17, 15) is 0 Å². The van der Waals surface area contributed by atoms with Gasteiger partial charge in [0, 0.05) is 11.4 Å². The lowest BCUT2D eigenvalue weighted by atomic mass is 10.0. The molecule has 0 saturated heterocycles. The predicted molar refractivity (Wildman–Crippen MR) is 66.4 cm³/mol. The van der Waals surface area contributed by atoms with Gasteiger partial charge in [0.05, 0.1) is 10.7 Å². The fourth-order valence-corrected chi connectivity index (χ4v) is 3.24. The molecule has 1 saturated carbocycles. The van der Waals surface area contributed by atoms with E-state index in [-0.39, 0.29) is 0 Å². The number of halogens is 1. The lowest BCUT2D eigenvalue weighted by molar-refractivity contribution is 0.516. The molecular weight excluding hydrogens is 228 g/mol. The Morgan fingerprint density at radius 3 is 2.73 bits per heavy atom. The average Bonchev–Trinajstić information content (AvgIpc) is 2.24. The smallest absolute Gasteiger partial charge is 0.119 e. The summed E-state index contributed by atoms with van der Waals surface area (Å²) in [6.07, 6.45) is 8.29. The van der Waals surface area contributed by atoms with E-state index in [1.807, 2.05) is 0 Å². The number of nitrogens with zero attached hydrogens (tertiary/aromatic N) is 1. The fraction of sp³-hybridized carbons (Fsp3) is 0.545. The van der Waals surface area contributed by atoms with Gasteiger partial charge in [0.15, 0.2) is 0 Å². The van der Waals surface area contributed by atoms with Gasteiger partial charge in [0.2, 0.25) is 0 Å². The van der Waals surface area contributed by atoms with Crippen molar-refractivity contribution in [2.75, 3.05) is 5.73 Å². The highest BCUT2D eigenvalue weighted by Crippen LogP contribution is 2.35. The summed E-state index contributed by atoms with van der Waals surface area (Å²) in [6, 6.07) is 1.78. The first-order chi connectivity index (χ1) is 7.25. The van der Waals surface area contributed by atoms with Crippen LogP contribution in [0.3, 0.4) is 0 Å². The third-order valence-corrected chi connectivity index (χ3v) is 4.25. The molecular formula is C11H15ClN2S. The van der Waals surface area contributed by atoms with Crippen LogP contribution in [0.25, 0.3) is 0 Å². The number of pyridine rings is 1. The Hall–Kier alpha value is -0.410. The number of nitrogen functional groups attached to an aromatic ring is 1. The molecule has 0 amide bonds. The van der Waals surface area contributed by atoms with Crippen molar-refractivity contribution >= 4 is 29.1 Å². The van der Waals surface area contributed by atoms with Crippen LogP contribution >= 0.6 is 23.4 Å². The maximum atomic E-state index is 5.87. The zero-order valence-corrected chi connectivity index (χ0v) is 10.2. The van der Waals surface area contributed by atoms with E-state index in [0.717, 1.165) is 5.03 Å². The molecule has 0 aromatic carbocycles. The minimum absolute atomic E-state index is 0.612. The molecule has 0 spiro atoms. The lowest BCUT2D eigenvalue weighted by Crippen LogP contribution is -2.08. The molecule has 2 nitrogen and oxygen atoms in total. The van der Waals surface area contributed by atoms with Gasteiger partial charge < -0.3 is 5.73 Å². The van der Waals surface area contributed by atoms with Crippen LogP contribution < -0.4 is 5.73 Å². The van der Waals surface area contributed by atoms with E-state index in [0.29, 0.717) is 16.0 Å². The van der Waals surface area contributed by atoms with Gasteiger partial charge in [-0.05, 0) is 18.9 Å². The highest BCUT2D eigenvalue weighted by atomic mass is 35.5. The van der Waals surface area contributed by atoms with Crippen molar-refractivity contribution in [3.63, 3.8) is 0 Å². The first kappa shape index (κ1) is 11.1. The summed E-state index contributed by atoms with van der Waals surface area (Å²) in [6.45, 7) is 0. The number of aromatic nitrogens is 1. The van der Waals surface area contributed by atoms with Gasteiger partial charge in [0.25, 0.3) is 0 Å². The van der Waals surface area contributed by atoms with E-state index < -0.39 is 0 Å². The minimum atomic E-state index is 0.612. The molecule has 0 atom stereocenters. The summed E-state index contributed by atoms with van der Waals surface area (Å²) in [4.78, 5) is 4.28. The SMILES string of the molecule is Nc1cc(Cl)cnc1SC1CCCCC1. The summed E-state index contributed by atoms with van der Waals surface area (Å²) >= 11 is 7.61. The van der Waals surface area contributed by atoms with Crippen molar-refractivity contribution < 1.29 is 0 Å². The lowest BCUT2D eigenvalue weighted by Gasteiger charge is -2.20. The van der Waals surface area contributed by atoms with Gasteiger partial charge in [-0.2, -0.15) is 0 Å². The van der Waals surface area contributed by atoms with Crippen molar-refractivity contribution in [2.24, 2.45) is 0 Å². The Kier molecular flexibility index (Phi) is 3.76. The van der Waals surface area contributed by atoms with Crippen LogP contribution in [0.15, 0.2) is 17.3 Å². The van der Waals surface area contributed by atoms with Gasteiger partial charge in [-0.15, -0.1) is 11.8 Å². The van der Waals surface area contributed by atoms with E-state index in [4.69, 9.17) is 17.3 Å². The zero-order valence-electron chi connectivity index (χ0n) is 8.58. The first-order valence-electron chi connectivity index (χ1n) is 5.33. The van der Waals surface area contributed by atoms with Crippen LogP contribution in [0, 0.1) is 0 Å². The van der Waals surface area contributed by atoms with Gasteiger partial charge >= 0.3 is 0 Å². The zero-order chi connectivity index (χ0) is 10.7. The molecule has 1 heterocycles. The predicted octanol–water partition coefficient (Wildman–Crippen LogP) is 3.74. The Bertz CT molecular complexity index is 337. The highest BCUT2D eigenvalue weighted by molar-refractivity contribution is 8.00. The normalized spacial score (nSPS) is 17.9. The van der Waals surface area contributed by atoms with Crippen LogP contribution in [0.1, 0.15) is 32.1 Å². The maximum Gasteiger partial charge on any atom is 0.119 e. The topological polar surface area (TPSA) is 38.9 Å². The summed E-state index contributed by atoms with van der Waals surface area (Å²) in [7, 11) is 0. The number of hydrogen-bond donors (Lipinski definition) is 1. The monoisotopic (exact) mass is 242 g/mol. The molecule has 1 fully saturated rings. The quantitative estimate of drug-likeness (QED) is 0.859. The second kappa shape index (κ2) is 5.08. The molecule has 1 aromatic heterocycles. The molecule has 1 aliphatic carbocycles. The minimum Gasteiger partial charge on any atom is -0.396 e. The molecule has 0 bridgehead atoms. The Labute approximate surface area is 99.6 Å². The molecule has 0 unspecified atom stereocenters. The fourth-order valence-electron chi connectivity index (χ4n) is 1.88. The number of nitrogens with two attached hydrogens (primary N) is 1. The van der Waals surface area contributed by atoms with Crippen molar-refractivity contribution in [1.82, 2.24) is 4.98 Å². The molecule has 1 aliphatic rings. The largest absolute Gasteiger partial charge is 0.396 e. The van der Waals surface area contributed by atoms with Crippen LogP contribution in [0.4, 0.5) is 5.69 Å². The molecule has 4 heteroatoms. The number of anilines is 1. The second-order valence-corrected chi connectivity index (χ2v) is 5.65. The van der Waals surface area contributed by atoms with E-state index >= 15 is 0 Å². The average molecular weight is 243 g/mol. The van der Waals surface area contributed by atoms with Gasteiger partial charge in [-0.3, -0.25) is 0 Å².